The topological polar surface area (TPSA) is 66.2 Å². The van der Waals surface area contributed by atoms with E-state index in [0.29, 0.717) is 19.6 Å². The molecule has 1 unspecified atom stereocenters. The van der Waals surface area contributed by atoms with Gasteiger partial charge in [-0.05, 0) is 38.0 Å². The third kappa shape index (κ3) is 4.09. The number of hydrogen-bond acceptors (Lipinski definition) is 3. The Balaban J connectivity index is 0.00000208. The fourth-order valence-corrected chi connectivity index (χ4v) is 3.17. The Bertz CT molecular complexity index is 721. The molecule has 6 heteroatoms. The zero-order valence-electron chi connectivity index (χ0n) is 14.5. The molecule has 1 aliphatic heterocycles. The minimum atomic E-state index is 0. The molecule has 132 valence electrons. The van der Waals surface area contributed by atoms with Gasteiger partial charge in [-0.25, -0.2) is 0 Å². The predicted octanol–water partition coefficient (Wildman–Crippen LogP) is 2.51. The maximum atomic E-state index is 12.2. The minimum Gasteiger partial charge on any atom is -0.378 e. The maximum Gasteiger partial charge on any atom is 0.221 e. The Kier molecular flexibility index (Phi) is 6.27. The smallest absolute Gasteiger partial charge is 0.221 e. The molecule has 2 aromatic rings. The number of aryl methyl sites for hydroxylation is 3. The molecule has 0 bridgehead atoms. The lowest BCUT2D eigenvalue weighted by Crippen LogP contribution is -2.44. The van der Waals surface area contributed by atoms with Gasteiger partial charge in [0.25, 0.3) is 0 Å². The Hall–Kier alpha value is -1.56. The molecule has 0 radical (unpaired) electrons. The van der Waals surface area contributed by atoms with E-state index >= 15 is 0 Å². The molecule has 3 rings (SSSR count). The molecule has 1 aromatic heterocycles. The number of morpholine rings is 1. The average molecular weight is 352 g/mol. The number of ether oxygens (including phenoxy) is 1. The number of nitrogens with one attached hydrogen (secondary N) is 3. The van der Waals surface area contributed by atoms with Gasteiger partial charge in [0.05, 0.1) is 18.7 Å². The van der Waals surface area contributed by atoms with Gasteiger partial charge in [0.2, 0.25) is 5.91 Å². The highest BCUT2D eigenvalue weighted by atomic mass is 35.5. The second-order valence-corrected chi connectivity index (χ2v) is 6.43. The summed E-state index contributed by atoms with van der Waals surface area (Å²) in [4.78, 5) is 15.6. The zero-order chi connectivity index (χ0) is 16.4. The van der Waals surface area contributed by atoms with Crippen LogP contribution in [0.15, 0.2) is 12.1 Å². The zero-order valence-corrected chi connectivity index (χ0v) is 15.3. The number of amides is 1. The molecular weight excluding hydrogens is 326 g/mol. The number of carbonyl (C=O) groups excluding carboxylic acids is 1. The fraction of sp³-hybridized carbons (Fsp3) is 0.500. The molecular formula is C18H26ClN3O2. The lowest BCUT2D eigenvalue weighted by Gasteiger charge is -2.23. The summed E-state index contributed by atoms with van der Waals surface area (Å²) in [5.74, 6) is 0.0580. The molecule has 1 saturated heterocycles. The number of fused-ring (bicyclic) bond motifs is 1. The van der Waals surface area contributed by atoms with Crippen molar-refractivity contribution in [2.24, 2.45) is 0 Å². The molecule has 3 N–H and O–H groups in total. The maximum absolute atomic E-state index is 12.2. The van der Waals surface area contributed by atoms with Gasteiger partial charge in [-0.1, -0.05) is 11.6 Å². The van der Waals surface area contributed by atoms with Gasteiger partial charge in [-0.15, -0.1) is 12.4 Å². The van der Waals surface area contributed by atoms with Gasteiger partial charge in [0.1, 0.15) is 0 Å². The highest BCUT2D eigenvalue weighted by Gasteiger charge is 2.17. The predicted molar refractivity (Wildman–Crippen MR) is 98.8 cm³/mol. The van der Waals surface area contributed by atoms with Crippen molar-refractivity contribution >= 4 is 29.2 Å². The van der Waals surface area contributed by atoms with Crippen LogP contribution in [-0.2, 0) is 16.1 Å². The van der Waals surface area contributed by atoms with Crippen LogP contribution < -0.4 is 10.6 Å². The van der Waals surface area contributed by atoms with Crippen molar-refractivity contribution in [2.75, 3.05) is 19.8 Å². The van der Waals surface area contributed by atoms with Gasteiger partial charge in [-0.2, -0.15) is 0 Å². The molecule has 1 fully saturated rings. The SMILES string of the molecule is Cc1cc(CNC(=O)CC2COCCN2)c2[nH]c(C)c(C)c2c1.Cl. The molecule has 0 saturated carbocycles. The Morgan fingerprint density at radius 2 is 2.12 bits per heavy atom. The highest BCUT2D eigenvalue weighted by molar-refractivity contribution is 5.88. The summed E-state index contributed by atoms with van der Waals surface area (Å²) in [6, 6.07) is 4.46. The van der Waals surface area contributed by atoms with Gasteiger partial charge >= 0.3 is 0 Å². The van der Waals surface area contributed by atoms with E-state index in [1.165, 1.54) is 22.2 Å². The summed E-state index contributed by atoms with van der Waals surface area (Å²) in [5, 5.41) is 7.59. The number of halogens is 1. The van der Waals surface area contributed by atoms with Crippen LogP contribution in [0.5, 0.6) is 0 Å². The van der Waals surface area contributed by atoms with Crippen LogP contribution in [0.25, 0.3) is 10.9 Å². The first-order valence-corrected chi connectivity index (χ1v) is 8.21. The summed E-state index contributed by atoms with van der Waals surface area (Å²) in [7, 11) is 0. The van der Waals surface area contributed by atoms with E-state index < -0.39 is 0 Å². The Labute approximate surface area is 148 Å². The standard InChI is InChI=1S/C18H25N3O2.ClH/c1-11-6-14(18-16(7-11)12(2)13(3)21-18)9-20-17(22)8-15-10-23-5-4-19-15;/h6-7,15,19,21H,4-5,8-10H2,1-3H3,(H,20,22);1H. The average Bonchev–Trinajstić information content (AvgIpc) is 2.82. The van der Waals surface area contributed by atoms with Crippen LogP contribution in [0.4, 0.5) is 0 Å². The number of hydrogen-bond donors (Lipinski definition) is 3. The lowest BCUT2D eigenvalue weighted by atomic mass is 10.0. The quantitative estimate of drug-likeness (QED) is 0.793. The first-order valence-electron chi connectivity index (χ1n) is 8.21. The third-order valence-corrected chi connectivity index (χ3v) is 4.55. The first-order chi connectivity index (χ1) is 11.0. The number of rotatable bonds is 4. The molecule has 5 nitrogen and oxygen atoms in total. The van der Waals surface area contributed by atoms with Crippen LogP contribution in [-0.4, -0.2) is 36.7 Å². The molecule has 2 heterocycles. The fourth-order valence-electron chi connectivity index (χ4n) is 3.17. The van der Waals surface area contributed by atoms with Crippen molar-refractivity contribution in [2.45, 2.75) is 39.8 Å². The van der Waals surface area contributed by atoms with E-state index in [0.717, 1.165) is 24.2 Å². The number of carbonyl (C=O) groups is 1. The van der Waals surface area contributed by atoms with E-state index in [9.17, 15) is 4.79 Å². The Morgan fingerprint density at radius 1 is 1.33 bits per heavy atom. The molecule has 1 aromatic carbocycles. The molecule has 0 aliphatic carbocycles. The lowest BCUT2D eigenvalue weighted by molar-refractivity contribution is -0.122. The number of aromatic amines is 1. The number of aromatic nitrogens is 1. The summed E-state index contributed by atoms with van der Waals surface area (Å²) >= 11 is 0. The molecule has 24 heavy (non-hydrogen) atoms. The molecule has 0 spiro atoms. The van der Waals surface area contributed by atoms with Crippen molar-refractivity contribution in [3.05, 3.63) is 34.5 Å². The molecule has 1 amide bonds. The van der Waals surface area contributed by atoms with Crippen molar-refractivity contribution in [1.29, 1.82) is 0 Å². The molecule has 1 atom stereocenters. The van der Waals surface area contributed by atoms with E-state index in [1.54, 1.807) is 0 Å². The van der Waals surface area contributed by atoms with E-state index in [1.807, 2.05) is 0 Å². The van der Waals surface area contributed by atoms with Crippen molar-refractivity contribution in [3.8, 4) is 0 Å². The van der Waals surface area contributed by atoms with Crippen LogP contribution in [0.3, 0.4) is 0 Å². The summed E-state index contributed by atoms with van der Waals surface area (Å²) in [6.45, 7) is 9.01. The number of H-pyrrole nitrogens is 1. The van der Waals surface area contributed by atoms with Crippen LogP contribution >= 0.6 is 12.4 Å². The Morgan fingerprint density at radius 3 is 2.83 bits per heavy atom. The molecule has 1 aliphatic rings. The normalized spacial score (nSPS) is 17.5. The largest absolute Gasteiger partial charge is 0.378 e. The third-order valence-electron chi connectivity index (χ3n) is 4.55. The second-order valence-electron chi connectivity index (χ2n) is 6.43. The van der Waals surface area contributed by atoms with Crippen molar-refractivity contribution in [1.82, 2.24) is 15.6 Å². The summed E-state index contributed by atoms with van der Waals surface area (Å²) in [5.41, 5.74) is 5.94. The van der Waals surface area contributed by atoms with Crippen molar-refractivity contribution < 1.29 is 9.53 Å². The van der Waals surface area contributed by atoms with Gasteiger partial charge in [0, 0.05) is 36.6 Å². The van der Waals surface area contributed by atoms with Crippen LogP contribution in [0.2, 0.25) is 0 Å². The van der Waals surface area contributed by atoms with Crippen LogP contribution in [0.1, 0.15) is 28.8 Å². The van der Waals surface area contributed by atoms with E-state index in [4.69, 9.17) is 4.74 Å². The van der Waals surface area contributed by atoms with Gasteiger partial charge in [0.15, 0.2) is 0 Å². The van der Waals surface area contributed by atoms with Crippen molar-refractivity contribution in [3.63, 3.8) is 0 Å². The summed E-state index contributed by atoms with van der Waals surface area (Å²) in [6.07, 6.45) is 0.456. The van der Waals surface area contributed by atoms with Gasteiger partial charge in [-0.3, -0.25) is 4.79 Å². The monoisotopic (exact) mass is 351 g/mol. The minimum absolute atomic E-state index is 0. The van der Waals surface area contributed by atoms with Crippen LogP contribution in [0, 0.1) is 20.8 Å². The van der Waals surface area contributed by atoms with E-state index in [2.05, 4.69) is 48.5 Å². The summed E-state index contributed by atoms with van der Waals surface area (Å²) < 4.78 is 5.39. The first kappa shape index (κ1) is 18.8. The number of benzene rings is 1. The van der Waals surface area contributed by atoms with Gasteiger partial charge < -0.3 is 20.4 Å². The van der Waals surface area contributed by atoms with E-state index in [-0.39, 0.29) is 24.4 Å². The second kappa shape index (κ2) is 8.01. The highest BCUT2D eigenvalue weighted by Crippen LogP contribution is 2.26.